The molecule has 0 fully saturated rings. The zero-order valence-corrected chi connectivity index (χ0v) is 15.7. The van der Waals surface area contributed by atoms with Gasteiger partial charge in [0.25, 0.3) is 0 Å². The van der Waals surface area contributed by atoms with Gasteiger partial charge in [0.1, 0.15) is 12.4 Å². The van der Waals surface area contributed by atoms with Crippen LogP contribution in [0.25, 0.3) is 0 Å². The van der Waals surface area contributed by atoms with E-state index in [1.807, 2.05) is 13.0 Å². The molecule has 0 amide bonds. The predicted molar refractivity (Wildman–Crippen MR) is 98.3 cm³/mol. The molecule has 1 heterocycles. The molecule has 5 nitrogen and oxygen atoms in total. The van der Waals surface area contributed by atoms with E-state index in [9.17, 15) is 13.6 Å². The normalized spacial score (nSPS) is 10.8. The maximum Gasteiger partial charge on any atom is 0.208 e. The highest BCUT2D eigenvalue weighted by molar-refractivity contribution is 7.99. The van der Waals surface area contributed by atoms with E-state index in [2.05, 4.69) is 15.2 Å². The molecule has 0 aliphatic rings. The van der Waals surface area contributed by atoms with Gasteiger partial charge in [0.2, 0.25) is 5.16 Å². The second kappa shape index (κ2) is 8.49. The number of carbonyl (C=O) groups excluding carboxylic acids is 1. The number of aromatic amines is 1. The van der Waals surface area contributed by atoms with Crippen molar-refractivity contribution in [2.75, 3.05) is 5.75 Å². The number of hydrogen-bond acceptors (Lipinski definition) is 5. The van der Waals surface area contributed by atoms with Crippen molar-refractivity contribution in [1.82, 2.24) is 15.2 Å². The van der Waals surface area contributed by atoms with Gasteiger partial charge >= 0.3 is 0 Å². The number of ether oxygens (including phenoxy) is 1. The standard InChI is InChI=1S/C18H14ClF2N3O2S/c1-10-6-12(3-4-13(10)19)26-8-17-22-18(24-23-17)27-9-16(25)11-2-5-14(20)15(21)7-11/h2-7H,8-9H2,1H3,(H,22,23,24). The molecule has 3 aromatic rings. The van der Waals surface area contributed by atoms with Crippen LogP contribution in [0.4, 0.5) is 8.78 Å². The number of carbonyl (C=O) groups is 1. The summed E-state index contributed by atoms with van der Waals surface area (Å²) < 4.78 is 31.7. The maximum absolute atomic E-state index is 13.2. The topological polar surface area (TPSA) is 67.9 Å². The first-order valence-corrected chi connectivity index (χ1v) is 9.20. The smallest absolute Gasteiger partial charge is 0.208 e. The average molecular weight is 410 g/mol. The van der Waals surface area contributed by atoms with Gasteiger partial charge in [0.05, 0.1) is 5.75 Å². The summed E-state index contributed by atoms with van der Waals surface area (Å²) in [7, 11) is 0. The molecule has 0 unspecified atom stereocenters. The average Bonchev–Trinajstić information content (AvgIpc) is 3.11. The third kappa shape index (κ3) is 5.05. The molecule has 1 aromatic heterocycles. The van der Waals surface area contributed by atoms with E-state index in [1.54, 1.807) is 12.1 Å². The van der Waals surface area contributed by atoms with Gasteiger partial charge in [-0.15, -0.1) is 5.10 Å². The number of nitrogens with one attached hydrogen (secondary N) is 1. The summed E-state index contributed by atoms with van der Waals surface area (Å²) in [6.45, 7) is 2.05. The van der Waals surface area contributed by atoms with Crippen LogP contribution in [0, 0.1) is 18.6 Å². The Balaban J connectivity index is 1.53. The van der Waals surface area contributed by atoms with Crippen LogP contribution in [0.3, 0.4) is 0 Å². The maximum atomic E-state index is 13.2. The Morgan fingerprint density at radius 3 is 2.78 bits per heavy atom. The zero-order chi connectivity index (χ0) is 19.4. The number of rotatable bonds is 7. The van der Waals surface area contributed by atoms with Crippen LogP contribution in [0.1, 0.15) is 21.7 Å². The summed E-state index contributed by atoms with van der Waals surface area (Å²) in [5.41, 5.74) is 0.998. The van der Waals surface area contributed by atoms with Crippen LogP contribution in [0.2, 0.25) is 5.02 Å². The second-order valence-corrected chi connectivity index (χ2v) is 6.95. The molecule has 0 saturated heterocycles. The summed E-state index contributed by atoms with van der Waals surface area (Å²) in [6.07, 6.45) is 0. The van der Waals surface area contributed by atoms with Gasteiger partial charge in [-0.3, -0.25) is 9.89 Å². The lowest BCUT2D eigenvalue weighted by molar-refractivity contribution is 0.102. The van der Waals surface area contributed by atoms with E-state index in [1.165, 1.54) is 6.07 Å². The fourth-order valence-electron chi connectivity index (χ4n) is 2.15. The van der Waals surface area contributed by atoms with E-state index in [0.29, 0.717) is 21.8 Å². The molecule has 0 bridgehead atoms. The Kier molecular flexibility index (Phi) is 6.08. The number of benzene rings is 2. The zero-order valence-electron chi connectivity index (χ0n) is 14.1. The first-order valence-electron chi connectivity index (χ1n) is 7.83. The lowest BCUT2D eigenvalue weighted by Crippen LogP contribution is -2.04. The fourth-order valence-corrected chi connectivity index (χ4v) is 2.98. The quantitative estimate of drug-likeness (QED) is 0.456. The Morgan fingerprint density at radius 2 is 2.04 bits per heavy atom. The van der Waals surface area contributed by atoms with Crippen molar-refractivity contribution in [3.05, 3.63) is 70.0 Å². The van der Waals surface area contributed by atoms with E-state index in [4.69, 9.17) is 16.3 Å². The Hall–Kier alpha value is -2.45. The van der Waals surface area contributed by atoms with Crippen LogP contribution in [0.15, 0.2) is 41.6 Å². The van der Waals surface area contributed by atoms with Crippen LogP contribution < -0.4 is 4.74 Å². The highest BCUT2D eigenvalue weighted by Crippen LogP contribution is 2.22. The van der Waals surface area contributed by atoms with Crippen LogP contribution in [-0.2, 0) is 6.61 Å². The SMILES string of the molecule is Cc1cc(OCc2nc(SCC(=O)c3ccc(F)c(F)c3)n[nH]2)ccc1Cl. The summed E-state index contributed by atoms with van der Waals surface area (Å²) >= 11 is 7.06. The van der Waals surface area contributed by atoms with Gasteiger partial charge in [-0.25, -0.2) is 13.8 Å². The van der Waals surface area contributed by atoms with Crippen LogP contribution in [0.5, 0.6) is 5.75 Å². The van der Waals surface area contributed by atoms with Crippen LogP contribution >= 0.6 is 23.4 Å². The third-order valence-corrected chi connectivity index (χ3v) is 4.86. The monoisotopic (exact) mass is 409 g/mol. The number of thioether (sulfide) groups is 1. The summed E-state index contributed by atoms with van der Waals surface area (Å²) in [5, 5.41) is 7.74. The fraction of sp³-hybridized carbons (Fsp3) is 0.167. The van der Waals surface area contributed by atoms with Crippen molar-refractivity contribution in [1.29, 1.82) is 0 Å². The number of aromatic nitrogens is 3. The number of Topliss-reactive ketones (excluding diaryl/α,β-unsaturated/α-hetero) is 1. The van der Waals surface area contributed by atoms with Gasteiger partial charge in [-0.05, 0) is 48.9 Å². The van der Waals surface area contributed by atoms with E-state index in [0.717, 1.165) is 29.5 Å². The van der Waals surface area contributed by atoms with Crippen molar-refractivity contribution in [3.63, 3.8) is 0 Å². The number of hydrogen-bond donors (Lipinski definition) is 1. The Bertz CT molecular complexity index is 981. The number of aryl methyl sites for hydroxylation is 1. The first kappa shape index (κ1) is 19.3. The van der Waals surface area contributed by atoms with Crippen molar-refractivity contribution in [2.24, 2.45) is 0 Å². The molecule has 0 aliphatic carbocycles. The lowest BCUT2D eigenvalue weighted by atomic mass is 10.1. The highest BCUT2D eigenvalue weighted by atomic mass is 35.5. The van der Waals surface area contributed by atoms with Crippen molar-refractivity contribution < 1.29 is 18.3 Å². The number of ketones is 1. The molecule has 0 spiro atoms. The predicted octanol–water partition coefficient (Wildman–Crippen LogP) is 4.60. The molecule has 0 saturated carbocycles. The number of H-pyrrole nitrogens is 1. The molecule has 0 atom stereocenters. The Morgan fingerprint density at radius 1 is 1.22 bits per heavy atom. The number of nitrogens with zero attached hydrogens (tertiary/aromatic N) is 2. The van der Waals surface area contributed by atoms with Crippen LogP contribution in [-0.4, -0.2) is 26.7 Å². The van der Waals surface area contributed by atoms with Gasteiger partial charge in [0, 0.05) is 10.6 Å². The highest BCUT2D eigenvalue weighted by Gasteiger charge is 2.12. The van der Waals surface area contributed by atoms with Gasteiger partial charge < -0.3 is 4.74 Å². The summed E-state index contributed by atoms with van der Waals surface area (Å²) in [4.78, 5) is 16.3. The largest absolute Gasteiger partial charge is 0.486 e. The van der Waals surface area contributed by atoms with E-state index >= 15 is 0 Å². The molecule has 27 heavy (non-hydrogen) atoms. The Labute approximate surface area is 163 Å². The molecule has 0 aliphatic heterocycles. The number of halogens is 3. The molecule has 3 rings (SSSR count). The summed E-state index contributed by atoms with van der Waals surface area (Å²) in [6, 6.07) is 8.36. The van der Waals surface area contributed by atoms with Crippen molar-refractivity contribution in [2.45, 2.75) is 18.7 Å². The molecule has 0 radical (unpaired) electrons. The molecular formula is C18H14ClF2N3O2S. The lowest BCUT2D eigenvalue weighted by Gasteiger charge is -2.05. The molecule has 1 N–H and O–H groups in total. The van der Waals surface area contributed by atoms with E-state index < -0.39 is 11.6 Å². The van der Waals surface area contributed by atoms with E-state index in [-0.39, 0.29) is 23.7 Å². The minimum atomic E-state index is -1.05. The molecule has 9 heteroatoms. The minimum Gasteiger partial charge on any atom is -0.486 e. The first-order chi connectivity index (χ1) is 12.9. The summed E-state index contributed by atoms with van der Waals surface area (Å²) in [5.74, 6) is -1.26. The minimum absolute atomic E-state index is 0.000395. The second-order valence-electron chi connectivity index (χ2n) is 5.61. The molecule has 140 valence electrons. The van der Waals surface area contributed by atoms with Gasteiger partial charge in [0.15, 0.2) is 23.2 Å². The third-order valence-electron chi connectivity index (χ3n) is 3.59. The van der Waals surface area contributed by atoms with Crippen molar-refractivity contribution >= 4 is 29.1 Å². The molecule has 2 aromatic carbocycles. The van der Waals surface area contributed by atoms with Gasteiger partial charge in [-0.1, -0.05) is 23.4 Å². The van der Waals surface area contributed by atoms with Gasteiger partial charge in [-0.2, -0.15) is 0 Å². The molecular weight excluding hydrogens is 396 g/mol. The van der Waals surface area contributed by atoms with Crippen molar-refractivity contribution in [3.8, 4) is 5.75 Å².